The number of aromatic nitrogens is 2. The van der Waals surface area contributed by atoms with E-state index in [0.29, 0.717) is 0 Å². The zero-order valence-corrected chi connectivity index (χ0v) is 11.1. The Balaban J connectivity index is 2.19. The number of alkyl halides is 3. The summed E-state index contributed by atoms with van der Waals surface area (Å²) in [6, 6.07) is 6.77. The van der Waals surface area contributed by atoms with Gasteiger partial charge in [-0.1, -0.05) is 18.2 Å². The summed E-state index contributed by atoms with van der Waals surface area (Å²) < 4.78 is 43.5. The lowest BCUT2D eigenvalue weighted by molar-refractivity contribution is -0.138. The van der Waals surface area contributed by atoms with E-state index in [0.717, 1.165) is 6.07 Å². The van der Waals surface area contributed by atoms with Gasteiger partial charge in [0.05, 0.1) is 12.7 Å². The van der Waals surface area contributed by atoms with Crippen molar-refractivity contribution in [3.8, 4) is 5.88 Å². The molecule has 0 unspecified atom stereocenters. The quantitative estimate of drug-likeness (QED) is 0.908. The highest BCUT2D eigenvalue weighted by Crippen LogP contribution is 2.32. The van der Waals surface area contributed by atoms with Crippen molar-refractivity contribution in [3.05, 3.63) is 41.5 Å². The van der Waals surface area contributed by atoms with E-state index in [4.69, 9.17) is 10.5 Å². The van der Waals surface area contributed by atoms with Gasteiger partial charge in [-0.05, 0) is 11.6 Å². The van der Waals surface area contributed by atoms with Crippen LogP contribution in [0.1, 0.15) is 11.1 Å². The van der Waals surface area contributed by atoms with Crippen LogP contribution >= 0.6 is 0 Å². The molecular formula is C13H13F3N4O. The Morgan fingerprint density at radius 3 is 2.62 bits per heavy atom. The molecule has 0 aliphatic carbocycles. The molecule has 0 spiro atoms. The number of benzene rings is 1. The molecule has 5 nitrogen and oxygen atoms in total. The lowest BCUT2D eigenvalue weighted by Crippen LogP contribution is -2.12. The zero-order valence-electron chi connectivity index (χ0n) is 11.1. The van der Waals surface area contributed by atoms with Crippen LogP contribution in [-0.2, 0) is 12.7 Å². The van der Waals surface area contributed by atoms with Gasteiger partial charge in [0.2, 0.25) is 11.8 Å². The number of ether oxygens (including phenoxy) is 1. The van der Waals surface area contributed by atoms with E-state index in [1.165, 1.54) is 25.3 Å². The van der Waals surface area contributed by atoms with Gasteiger partial charge in [0.1, 0.15) is 5.82 Å². The maximum absolute atomic E-state index is 12.9. The number of hydrogen-bond donors (Lipinski definition) is 2. The molecule has 2 rings (SSSR count). The minimum absolute atomic E-state index is 0.0269. The lowest BCUT2D eigenvalue weighted by Gasteiger charge is -2.13. The first-order valence-electron chi connectivity index (χ1n) is 5.97. The molecule has 21 heavy (non-hydrogen) atoms. The number of nitrogens with zero attached hydrogens (tertiary/aromatic N) is 2. The molecule has 1 heterocycles. The van der Waals surface area contributed by atoms with Crippen LogP contribution < -0.4 is 15.8 Å². The van der Waals surface area contributed by atoms with E-state index >= 15 is 0 Å². The summed E-state index contributed by atoms with van der Waals surface area (Å²) in [5.74, 6) is 0.492. The van der Waals surface area contributed by atoms with Crippen LogP contribution in [0, 0.1) is 0 Å². The number of nitrogens with two attached hydrogens (primary N) is 1. The molecule has 0 aliphatic heterocycles. The molecule has 3 N–H and O–H groups in total. The van der Waals surface area contributed by atoms with E-state index in [1.807, 2.05) is 0 Å². The molecule has 0 radical (unpaired) electrons. The third-order valence-electron chi connectivity index (χ3n) is 2.71. The fourth-order valence-corrected chi connectivity index (χ4v) is 1.77. The summed E-state index contributed by atoms with van der Waals surface area (Å²) in [6.07, 6.45) is -4.40. The summed E-state index contributed by atoms with van der Waals surface area (Å²) in [5, 5.41) is 2.78. The average molecular weight is 298 g/mol. The molecule has 2 aromatic rings. The first-order chi connectivity index (χ1) is 9.90. The summed E-state index contributed by atoms with van der Waals surface area (Å²) in [7, 11) is 1.41. The summed E-state index contributed by atoms with van der Waals surface area (Å²) >= 11 is 0. The van der Waals surface area contributed by atoms with Crippen molar-refractivity contribution in [2.24, 2.45) is 0 Å². The Kier molecular flexibility index (Phi) is 4.15. The lowest BCUT2D eigenvalue weighted by atomic mass is 10.1. The minimum atomic E-state index is -4.40. The average Bonchev–Trinajstić information content (AvgIpc) is 2.44. The molecule has 0 amide bonds. The fourth-order valence-electron chi connectivity index (χ4n) is 1.77. The Morgan fingerprint density at radius 1 is 1.24 bits per heavy atom. The van der Waals surface area contributed by atoms with E-state index in [1.54, 1.807) is 6.07 Å². The molecule has 0 atom stereocenters. The second-order valence-electron chi connectivity index (χ2n) is 4.16. The molecule has 1 aromatic heterocycles. The topological polar surface area (TPSA) is 73.1 Å². The van der Waals surface area contributed by atoms with E-state index < -0.39 is 11.7 Å². The zero-order chi connectivity index (χ0) is 15.5. The molecule has 0 bridgehead atoms. The number of halogens is 3. The molecule has 0 saturated heterocycles. The number of nitrogen functional groups attached to an aromatic ring is 1. The van der Waals surface area contributed by atoms with Gasteiger partial charge in [-0.3, -0.25) is 0 Å². The highest BCUT2D eigenvalue weighted by Gasteiger charge is 2.32. The highest BCUT2D eigenvalue weighted by molar-refractivity contribution is 5.44. The molecule has 0 aliphatic rings. The number of rotatable bonds is 4. The third-order valence-corrected chi connectivity index (χ3v) is 2.71. The number of nitrogens with one attached hydrogen (secondary N) is 1. The minimum Gasteiger partial charge on any atom is -0.481 e. The number of methoxy groups -OCH3 is 1. The van der Waals surface area contributed by atoms with Crippen LogP contribution in [0.25, 0.3) is 0 Å². The van der Waals surface area contributed by atoms with Crippen LogP contribution in [0.3, 0.4) is 0 Å². The summed E-state index contributed by atoms with van der Waals surface area (Å²) in [6.45, 7) is -0.0463. The predicted octanol–water partition coefficient (Wildman–Crippen LogP) is 2.70. The van der Waals surface area contributed by atoms with Crippen molar-refractivity contribution in [2.75, 3.05) is 18.2 Å². The van der Waals surface area contributed by atoms with Gasteiger partial charge in [0, 0.05) is 12.6 Å². The first-order valence-corrected chi connectivity index (χ1v) is 5.97. The fraction of sp³-hybridized carbons (Fsp3) is 0.231. The highest BCUT2D eigenvalue weighted by atomic mass is 19.4. The van der Waals surface area contributed by atoms with Crippen LogP contribution in [0.15, 0.2) is 30.3 Å². The molecule has 0 fully saturated rings. The van der Waals surface area contributed by atoms with E-state index in [-0.39, 0.29) is 29.8 Å². The monoisotopic (exact) mass is 298 g/mol. The van der Waals surface area contributed by atoms with Gasteiger partial charge in [-0.25, -0.2) is 0 Å². The SMILES string of the molecule is COc1cc(NCc2ccccc2C(F)(F)F)nc(N)n1. The van der Waals surface area contributed by atoms with Gasteiger partial charge in [0.15, 0.2) is 0 Å². The standard InChI is InChI=1S/C13H13F3N4O/c1-21-11-6-10(19-12(17)20-11)18-7-8-4-2-3-5-9(8)13(14,15)16/h2-6H,7H2,1H3,(H3,17,18,19,20). The van der Waals surface area contributed by atoms with Gasteiger partial charge in [-0.15, -0.1) is 0 Å². The Hall–Kier alpha value is -2.51. The van der Waals surface area contributed by atoms with Gasteiger partial charge in [0.25, 0.3) is 0 Å². The van der Waals surface area contributed by atoms with E-state index in [9.17, 15) is 13.2 Å². The number of anilines is 2. The third kappa shape index (κ3) is 3.74. The predicted molar refractivity (Wildman–Crippen MR) is 71.8 cm³/mol. The van der Waals surface area contributed by atoms with Crippen molar-refractivity contribution in [2.45, 2.75) is 12.7 Å². The van der Waals surface area contributed by atoms with Crippen LogP contribution in [-0.4, -0.2) is 17.1 Å². The van der Waals surface area contributed by atoms with E-state index in [2.05, 4.69) is 15.3 Å². The summed E-state index contributed by atoms with van der Waals surface area (Å²) in [5.41, 5.74) is 4.90. The Labute approximate surface area is 119 Å². The number of hydrogen-bond acceptors (Lipinski definition) is 5. The second-order valence-corrected chi connectivity index (χ2v) is 4.16. The van der Waals surface area contributed by atoms with Crippen LogP contribution in [0.5, 0.6) is 5.88 Å². The maximum Gasteiger partial charge on any atom is 0.416 e. The largest absolute Gasteiger partial charge is 0.481 e. The maximum atomic E-state index is 12.9. The van der Waals surface area contributed by atoms with Gasteiger partial charge >= 0.3 is 6.18 Å². The normalized spacial score (nSPS) is 11.2. The smallest absolute Gasteiger partial charge is 0.416 e. The van der Waals surface area contributed by atoms with Crippen molar-refractivity contribution < 1.29 is 17.9 Å². The van der Waals surface area contributed by atoms with Crippen LogP contribution in [0.4, 0.5) is 24.9 Å². The molecule has 8 heteroatoms. The first kappa shape index (κ1) is 14.9. The molecule has 1 aromatic carbocycles. The van der Waals surface area contributed by atoms with Gasteiger partial charge in [-0.2, -0.15) is 23.1 Å². The molecule has 0 saturated carbocycles. The van der Waals surface area contributed by atoms with Crippen molar-refractivity contribution in [1.82, 2.24) is 9.97 Å². The van der Waals surface area contributed by atoms with Crippen molar-refractivity contribution >= 4 is 11.8 Å². The Morgan fingerprint density at radius 2 is 1.95 bits per heavy atom. The van der Waals surface area contributed by atoms with Crippen molar-refractivity contribution in [1.29, 1.82) is 0 Å². The van der Waals surface area contributed by atoms with Crippen LogP contribution in [0.2, 0.25) is 0 Å². The molecule has 112 valence electrons. The Bertz CT molecular complexity index is 631. The molecular weight excluding hydrogens is 285 g/mol. The summed E-state index contributed by atoms with van der Waals surface area (Å²) in [4.78, 5) is 7.67. The van der Waals surface area contributed by atoms with Crippen molar-refractivity contribution in [3.63, 3.8) is 0 Å². The van der Waals surface area contributed by atoms with Gasteiger partial charge < -0.3 is 15.8 Å². The second kappa shape index (κ2) is 5.86.